The summed E-state index contributed by atoms with van der Waals surface area (Å²) in [6, 6.07) is 8.84. The Balaban J connectivity index is 2.33. The molecule has 0 fully saturated rings. The lowest BCUT2D eigenvalue weighted by Crippen LogP contribution is -2.28. The number of nitriles is 1. The van der Waals surface area contributed by atoms with Gasteiger partial charge in [0.05, 0.1) is 26.8 Å². The van der Waals surface area contributed by atoms with Crippen LogP contribution in [0.3, 0.4) is 0 Å². The molecule has 0 bridgehead atoms. The van der Waals surface area contributed by atoms with E-state index in [0.29, 0.717) is 50.1 Å². The number of rotatable bonds is 5. The van der Waals surface area contributed by atoms with E-state index >= 15 is 0 Å². The van der Waals surface area contributed by atoms with Crippen molar-refractivity contribution >= 4 is 57.9 Å². The molecule has 0 aliphatic rings. The SMILES string of the molecule is CC(=O)C(C)(C)c1cc(C=O)c2nc(Nc3c(Cl)cccc3Cl)n(C)c2c1C#N. The summed E-state index contributed by atoms with van der Waals surface area (Å²) < 4.78 is 1.65. The quantitative estimate of drug-likeness (QED) is 0.565. The van der Waals surface area contributed by atoms with Gasteiger partial charge in [0.25, 0.3) is 0 Å². The Hall–Kier alpha value is -2.88. The first-order valence-electron chi connectivity index (χ1n) is 8.74. The zero-order valence-electron chi connectivity index (χ0n) is 16.3. The second-order valence-electron chi connectivity index (χ2n) is 7.21. The number of fused-ring (bicyclic) bond motifs is 1. The number of anilines is 2. The van der Waals surface area contributed by atoms with Gasteiger partial charge in [0.15, 0.2) is 6.29 Å². The molecule has 6 nitrogen and oxygen atoms in total. The van der Waals surface area contributed by atoms with Gasteiger partial charge < -0.3 is 9.88 Å². The van der Waals surface area contributed by atoms with E-state index in [0.717, 1.165) is 0 Å². The topological polar surface area (TPSA) is 87.8 Å². The van der Waals surface area contributed by atoms with Crippen LogP contribution in [-0.4, -0.2) is 21.6 Å². The number of aromatic nitrogens is 2. The number of halogens is 2. The minimum Gasteiger partial charge on any atom is -0.323 e. The molecule has 1 aromatic heterocycles. The summed E-state index contributed by atoms with van der Waals surface area (Å²) in [4.78, 5) is 28.5. The summed E-state index contributed by atoms with van der Waals surface area (Å²) >= 11 is 12.5. The normalized spacial score (nSPS) is 11.3. The number of carbonyl (C=O) groups is 2. The van der Waals surface area contributed by atoms with Gasteiger partial charge in [-0.05, 0) is 44.5 Å². The number of ketones is 1. The lowest BCUT2D eigenvalue weighted by Gasteiger charge is -2.24. The van der Waals surface area contributed by atoms with Crippen LogP contribution in [0.1, 0.15) is 42.3 Å². The zero-order chi connectivity index (χ0) is 21.5. The maximum atomic E-state index is 12.2. The Labute approximate surface area is 178 Å². The van der Waals surface area contributed by atoms with Crippen LogP contribution in [0.2, 0.25) is 10.0 Å². The first kappa shape index (κ1) is 20.8. The van der Waals surface area contributed by atoms with Crippen molar-refractivity contribution in [1.82, 2.24) is 9.55 Å². The van der Waals surface area contributed by atoms with Crippen molar-refractivity contribution in [3.8, 4) is 6.07 Å². The lowest BCUT2D eigenvalue weighted by molar-refractivity contribution is -0.121. The smallest absolute Gasteiger partial charge is 0.208 e. The second-order valence-corrected chi connectivity index (χ2v) is 8.03. The Morgan fingerprint density at radius 2 is 1.93 bits per heavy atom. The molecule has 8 heteroatoms. The third-order valence-electron chi connectivity index (χ3n) is 5.17. The van der Waals surface area contributed by atoms with Crippen LogP contribution < -0.4 is 5.32 Å². The molecule has 0 unspecified atom stereocenters. The fourth-order valence-electron chi connectivity index (χ4n) is 3.14. The van der Waals surface area contributed by atoms with Crippen molar-refractivity contribution in [3.05, 3.63) is 51.0 Å². The third kappa shape index (κ3) is 3.37. The van der Waals surface area contributed by atoms with Crippen molar-refractivity contribution < 1.29 is 9.59 Å². The third-order valence-corrected chi connectivity index (χ3v) is 5.80. The average molecular weight is 429 g/mol. The van der Waals surface area contributed by atoms with Gasteiger partial charge in [-0.15, -0.1) is 0 Å². The molecule has 3 aromatic rings. The summed E-state index contributed by atoms with van der Waals surface area (Å²) in [6.07, 6.45) is 0.669. The summed E-state index contributed by atoms with van der Waals surface area (Å²) in [5.41, 5.74) is 1.38. The molecule has 0 aliphatic heterocycles. The van der Waals surface area contributed by atoms with E-state index in [9.17, 15) is 14.9 Å². The van der Waals surface area contributed by atoms with E-state index in [1.807, 2.05) is 0 Å². The van der Waals surface area contributed by atoms with Gasteiger partial charge in [-0.25, -0.2) is 4.98 Å². The highest BCUT2D eigenvalue weighted by Gasteiger charge is 2.32. The van der Waals surface area contributed by atoms with E-state index in [1.54, 1.807) is 49.7 Å². The second kappa shape index (κ2) is 7.51. The Morgan fingerprint density at radius 3 is 2.45 bits per heavy atom. The number of carbonyl (C=O) groups excluding carboxylic acids is 2. The Kier molecular flexibility index (Phi) is 5.40. The molecule has 0 spiro atoms. The van der Waals surface area contributed by atoms with E-state index < -0.39 is 5.41 Å². The van der Waals surface area contributed by atoms with Crippen LogP contribution in [0, 0.1) is 11.3 Å². The molecular weight excluding hydrogens is 411 g/mol. The Bertz CT molecular complexity index is 1190. The highest BCUT2D eigenvalue weighted by molar-refractivity contribution is 6.39. The number of hydrogen-bond acceptors (Lipinski definition) is 5. The summed E-state index contributed by atoms with van der Waals surface area (Å²) in [5, 5.41) is 13.8. The molecular formula is C21H18Cl2N4O2. The molecule has 1 N–H and O–H groups in total. The first-order valence-corrected chi connectivity index (χ1v) is 9.50. The number of benzene rings is 2. The van der Waals surface area contributed by atoms with Crippen LogP contribution in [0.15, 0.2) is 24.3 Å². The molecule has 0 aliphatic carbocycles. The van der Waals surface area contributed by atoms with Gasteiger partial charge in [-0.2, -0.15) is 5.26 Å². The zero-order valence-corrected chi connectivity index (χ0v) is 17.8. The minimum atomic E-state index is -0.944. The molecule has 0 amide bonds. The predicted molar refractivity (Wildman–Crippen MR) is 114 cm³/mol. The number of imidazole rings is 1. The van der Waals surface area contributed by atoms with E-state index in [-0.39, 0.29) is 11.3 Å². The lowest BCUT2D eigenvalue weighted by atomic mass is 9.78. The fraction of sp³-hybridized carbons (Fsp3) is 0.238. The molecule has 1 heterocycles. The number of nitrogens with one attached hydrogen (secondary N) is 1. The standard InChI is InChI=1S/C21H18Cl2N4O2/c1-11(29)21(2,3)14-8-12(10-28)17-19(13(14)9-24)27(4)20(25-17)26-18-15(22)6-5-7-16(18)23/h5-8,10H,1-4H3,(H,25,26). The molecule has 0 radical (unpaired) electrons. The fourth-order valence-corrected chi connectivity index (χ4v) is 3.63. The number of Topliss-reactive ketones (excluding diaryl/α,β-unsaturated/α-hetero) is 1. The highest BCUT2D eigenvalue weighted by Crippen LogP contribution is 2.37. The van der Waals surface area contributed by atoms with Crippen LogP contribution in [0.4, 0.5) is 11.6 Å². The monoisotopic (exact) mass is 428 g/mol. The highest BCUT2D eigenvalue weighted by atomic mass is 35.5. The molecule has 3 rings (SSSR count). The number of hydrogen-bond donors (Lipinski definition) is 1. The number of aryl methyl sites for hydroxylation is 1. The molecule has 0 saturated heterocycles. The number of nitrogens with zero attached hydrogens (tertiary/aromatic N) is 3. The van der Waals surface area contributed by atoms with Gasteiger partial charge >= 0.3 is 0 Å². The van der Waals surface area contributed by atoms with Gasteiger partial charge in [0.1, 0.15) is 17.4 Å². The van der Waals surface area contributed by atoms with Crippen LogP contribution in [0.25, 0.3) is 11.0 Å². The van der Waals surface area contributed by atoms with Crippen molar-refractivity contribution in [2.45, 2.75) is 26.2 Å². The van der Waals surface area contributed by atoms with Gasteiger partial charge in [0, 0.05) is 18.0 Å². The number of aldehydes is 1. The Morgan fingerprint density at radius 1 is 1.31 bits per heavy atom. The molecule has 148 valence electrons. The van der Waals surface area contributed by atoms with Crippen molar-refractivity contribution in [1.29, 1.82) is 5.26 Å². The molecule has 0 atom stereocenters. The minimum absolute atomic E-state index is 0.117. The van der Waals surface area contributed by atoms with Crippen LogP contribution in [0.5, 0.6) is 0 Å². The first-order chi connectivity index (χ1) is 13.6. The van der Waals surface area contributed by atoms with E-state index in [1.165, 1.54) is 6.92 Å². The summed E-state index contributed by atoms with van der Waals surface area (Å²) in [5.74, 6) is 0.237. The average Bonchev–Trinajstić information content (AvgIpc) is 3.00. The van der Waals surface area contributed by atoms with Crippen LogP contribution in [-0.2, 0) is 17.3 Å². The predicted octanol–water partition coefficient (Wildman–Crippen LogP) is 5.17. The largest absolute Gasteiger partial charge is 0.323 e. The van der Waals surface area contributed by atoms with E-state index in [4.69, 9.17) is 23.2 Å². The van der Waals surface area contributed by atoms with E-state index in [2.05, 4.69) is 16.4 Å². The van der Waals surface area contributed by atoms with Crippen molar-refractivity contribution in [2.75, 3.05) is 5.32 Å². The molecule has 0 saturated carbocycles. The summed E-state index contributed by atoms with van der Waals surface area (Å²) in [6.45, 7) is 4.91. The van der Waals surface area contributed by atoms with Crippen molar-refractivity contribution in [2.24, 2.45) is 7.05 Å². The summed E-state index contributed by atoms with van der Waals surface area (Å²) in [7, 11) is 1.71. The molecule has 2 aromatic carbocycles. The maximum absolute atomic E-state index is 12.2. The molecule has 29 heavy (non-hydrogen) atoms. The van der Waals surface area contributed by atoms with Gasteiger partial charge in [-0.1, -0.05) is 29.3 Å². The van der Waals surface area contributed by atoms with Crippen LogP contribution >= 0.6 is 23.2 Å². The number of para-hydroxylation sites is 1. The van der Waals surface area contributed by atoms with Gasteiger partial charge in [-0.3, -0.25) is 9.59 Å². The van der Waals surface area contributed by atoms with Crippen molar-refractivity contribution in [3.63, 3.8) is 0 Å². The van der Waals surface area contributed by atoms with Gasteiger partial charge in [0.2, 0.25) is 5.95 Å². The maximum Gasteiger partial charge on any atom is 0.208 e.